The summed E-state index contributed by atoms with van der Waals surface area (Å²) in [4.78, 5) is 12.9. The van der Waals surface area contributed by atoms with E-state index in [1.165, 1.54) is 0 Å². The average molecular weight is 344 g/mol. The predicted octanol–water partition coefficient (Wildman–Crippen LogP) is 3.11. The Morgan fingerprint density at radius 2 is 2.04 bits per heavy atom. The Bertz CT molecular complexity index is 778. The van der Waals surface area contributed by atoms with E-state index in [4.69, 9.17) is 4.74 Å². The highest BCUT2D eigenvalue weighted by Gasteiger charge is 2.29. The van der Waals surface area contributed by atoms with E-state index in [2.05, 4.69) is 10.6 Å². The topological polar surface area (TPSA) is 67.4 Å². The summed E-state index contributed by atoms with van der Waals surface area (Å²) in [5.74, 6) is 1.01. The molecule has 0 aromatic heterocycles. The van der Waals surface area contributed by atoms with Crippen LogP contribution in [0.15, 0.2) is 53.4 Å². The van der Waals surface area contributed by atoms with Crippen LogP contribution in [-0.2, 0) is 10.8 Å². The first-order chi connectivity index (χ1) is 11.5. The molecule has 0 fully saturated rings. The van der Waals surface area contributed by atoms with Crippen molar-refractivity contribution in [2.45, 2.75) is 23.8 Å². The summed E-state index contributed by atoms with van der Waals surface area (Å²) in [6, 6.07) is 14.6. The number of nitrogens with one attached hydrogen (secondary N) is 2. The molecule has 2 N–H and O–H groups in total. The molecule has 126 valence electrons. The maximum Gasteiger partial charge on any atom is 0.319 e. The summed E-state index contributed by atoms with van der Waals surface area (Å²) in [5, 5.41) is 5.74. The van der Waals surface area contributed by atoms with Gasteiger partial charge in [0.05, 0.1) is 6.61 Å². The number of para-hydroxylation sites is 1. The molecule has 0 saturated heterocycles. The Labute approximate surface area is 143 Å². The van der Waals surface area contributed by atoms with Crippen molar-refractivity contribution in [2.75, 3.05) is 18.2 Å². The number of amides is 2. The zero-order chi connectivity index (χ0) is 17.1. The van der Waals surface area contributed by atoms with Gasteiger partial charge in [0.15, 0.2) is 0 Å². The monoisotopic (exact) mass is 344 g/mol. The highest BCUT2D eigenvalue weighted by molar-refractivity contribution is 7.84. The van der Waals surface area contributed by atoms with Gasteiger partial charge in [0.25, 0.3) is 0 Å². The molecule has 0 radical (unpaired) electrons. The molecular formula is C18H20N2O3S. The molecule has 3 rings (SSSR count). The number of benzene rings is 2. The molecule has 1 aliphatic heterocycles. The van der Waals surface area contributed by atoms with Crippen LogP contribution in [0.3, 0.4) is 0 Å². The third-order valence-corrected chi connectivity index (χ3v) is 5.04. The minimum Gasteiger partial charge on any atom is -0.493 e. The quantitative estimate of drug-likeness (QED) is 0.895. The second-order valence-electron chi connectivity index (χ2n) is 5.82. The molecule has 0 unspecified atom stereocenters. The van der Waals surface area contributed by atoms with Crippen LogP contribution >= 0.6 is 0 Å². The van der Waals surface area contributed by atoms with Crippen LogP contribution in [0.1, 0.15) is 18.4 Å². The normalized spacial score (nSPS) is 18.2. The Morgan fingerprint density at radius 1 is 1.25 bits per heavy atom. The van der Waals surface area contributed by atoms with Crippen LogP contribution in [0.25, 0.3) is 0 Å². The standard InChI is InChI=1S/C18H20N2O3S/c1-12(16-11-23-17-9-4-3-8-15(16)17)19-18(21)20-13-6-5-7-14(10-13)24(2)22/h3-10,12,16H,11H2,1-2H3,(H2,19,20,21)/t12-,16+,24-/m1/s1. The van der Waals surface area contributed by atoms with E-state index in [0.29, 0.717) is 17.2 Å². The smallest absolute Gasteiger partial charge is 0.319 e. The van der Waals surface area contributed by atoms with Gasteiger partial charge in [0.1, 0.15) is 5.75 Å². The summed E-state index contributed by atoms with van der Waals surface area (Å²) in [6.45, 7) is 2.53. The lowest BCUT2D eigenvalue weighted by Crippen LogP contribution is -2.40. The minimum absolute atomic E-state index is 0.0721. The number of carbonyl (C=O) groups is 1. The molecule has 0 spiro atoms. The fraction of sp³-hybridized carbons (Fsp3) is 0.278. The van der Waals surface area contributed by atoms with E-state index in [9.17, 15) is 9.00 Å². The van der Waals surface area contributed by atoms with Crippen molar-refractivity contribution in [3.8, 4) is 5.75 Å². The Balaban J connectivity index is 1.63. The van der Waals surface area contributed by atoms with Gasteiger partial charge < -0.3 is 15.4 Å². The maximum absolute atomic E-state index is 12.2. The van der Waals surface area contributed by atoms with Crippen LogP contribution in [0.4, 0.5) is 10.5 Å². The van der Waals surface area contributed by atoms with E-state index in [-0.39, 0.29) is 18.0 Å². The van der Waals surface area contributed by atoms with Gasteiger partial charge in [0.2, 0.25) is 0 Å². The Hall–Kier alpha value is -2.34. The number of carbonyl (C=O) groups excluding carboxylic acids is 1. The fourth-order valence-electron chi connectivity index (χ4n) is 2.83. The van der Waals surface area contributed by atoms with Gasteiger partial charge >= 0.3 is 6.03 Å². The fourth-order valence-corrected chi connectivity index (χ4v) is 3.39. The van der Waals surface area contributed by atoms with Crippen molar-refractivity contribution < 1.29 is 13.7 Å². The number of fused-ring (bicyclic) bond motifs is 1. The summed E-state index contributed by atoms with van der Waals surface area (Å²) in [5.41, 5.74) is 1.74. The molecule has 2 aromatic rings. The van der Waals surface area contributed by atoms with Gasteiger partial charge in [-0.25, -0.2) is 4.79 Å². The first-order valence-corrected chi connectivity index (χ1v) is 9.33. The van der Waals surface area contributed by atoms with Gasteiger partial charge in [-0.2, -0.15) is 0 Å². The Morgan fingerprint density at radius 3 is 2.83 bits per heavy atom. The van der Waals surface area contributed by atoms with E-state index in [1.54, 1.807) is 30.5 Å². The van der Waals surface area contributed by atoms with Gasteiger partial charge in [0, 0.05) is 45.2 Å². The van der Waals surface area contributed by atoms with Gasteiger partial charge in [-0.05, 0) is 31.2 Å². The SMILES string of the molecule is C[C@@H](NC(=O)Nc1cccc([S@@](C)=O)c1)[C@@H]1COc2ccccc21. The van der Waals surface area contributed by atoms with Crippen LogP contribution < -0.4 is 15.4 Å². The molecule has 2 aromatic carbocycles. The van der Waals surface area contributed by atoms with Crippen molar-refractivity contribution in [3.63, 3.8) is 0 Å². The van der Waals surface area contributed by atoms with E-state index >= 15 is 0 Å². The van der Waals surface area contributed by atoms with Crippen LogP contribution in [0, 0.1) is 0 Å². The number of hydrogen-bond donors (Lipinski definition) is 2. The number of rotatable bonds is 4. The first kappa shape index (κ1) is 16.5. The summed E-state index contributed by atoms with van der Waals surface area (Å²) >= 11 is 0. The van der Waals surface area contributed by atoms with Crippen LogP contribution in [-0.4, -0.2) is 29.1 Å². The highest BCUT2D eigenvalue weighted by atomic mass is 32.2. The number of ether oxygens (including phenoxy) is 1. The predicted molar refractivity (Wildman–Crippen MR) is 95.1 cm³/mol. The van der Waals surface area contributed by atoms with Crippen molar-refractivity contribution in [2.24, 2.45) is 0 Å². The van der Waals surface area contributed by atoms with Crippen LogP contribution in [0.5, 0.6) is 5.75 Å². The minimum atomic E-state index is -1.08. The molecule has 1 aliphatic rings. The second kappa shape index (κ2) is 7.05. The third-order valence-electron chi connectivity index (χ3n) is 4.12. The van der Waals surface area contributed by atoms with Gasteiger partial charge in [-0.1, -0.05) is 24.3 Å². The molecule has 0 bridgehead atoms. The molecule has 2 amide bonds. The average Bonchev–Trinajstić information content (AvgIpc) is 2.99. The van der Waals surface area contributed by atoms with E-state index in [1.807, 2.05) is 31.2 Å². The summed E-state index contributed by atoms with van der Waals surface area (Å²) in [7, 11) is -1.08. The molecule has 0 aliphatic carbocycles. The maximum atomic E-state index is 12.2. The summed E-state index contributed by atoms with van der Waals surface area (Å²) < 4.78 is 17.2. The second-order valence-corrected chi connectivity index (χ2v) is 7.20. The van der Waals surface area contributed by atoms with Crippen molar-refractivity contribution in [1.82, 2.24) is 5.32 Å². The zero-order valence-corrected chi connectivity index (χ0v) is 14.4. The largest absolute Gasteiger partial charge is 0.493 e. The lowest BCUT2D eigenvalue weighted by molar-refractivity contribution is 0.244. The first-order valence-electron chi connectivity index (χ1n) is 7.77. The third kappa shape index (κ3) is 3.59. The molecule has 24 heavy (non-hydrogen) atoms. The zero-order valence-electron chi connectivity index (χ0n) is 13.6. The number of urea groups is 1. The van der Waals surface area contributed by atoms with Crippen LogP contribution in [0.2, 0.25) is 0 Å². The van der Waals surface area contributed by atoms with Crippen molar-refractivity contribution in [1.29, 1.82) is 0 Å². The van der Waals surface area contributed by atoms with Crippen molar-refractivity contribution in [3.05, 3.63) is 54.1 Å². The van der Waals surface area contributed by atoms with Gasteiger partial charge in [-0.15, -0.1) is 0 Å². The summed E-state index contributed by atoms with van der Waals surface area (Å²) in [6.07, 6.45) is 1.61. The lowest BCUT2D eigenvalue weighted by atomic mass is 9.94. The molecule has 0 saturated carbocycles. The molecule has 3 atom stereocenters. The number of hydrogen-bond acceptors (Lipinski definition) is 3. The van der Waals surface area contributed by atoms with Gasteiger partial charge in [-0.3, -0.25) is 4.21 Å². The molecule has 6 heteroatoms. The Kier molecular flexibility index (Phi) is 4.85. The highest BCUT2D eigenvalue weighted by Crippen LogP contribution is 2.35. The van der Waals surface area contributed by atoms with E-state index < -0.39 is 10.8 Å². The van der Waals surface area contributed by atoms with Crippen molar-refractivity contribution >= 4 is 22.5 Å². The number of anilines is 1. The van der Waals surface area contributed by atoms with E-state index in [0.717, 1.165) is 11.3 Å². The molecular weight excluding hydrogens is 324 g/mol. The molecule has 5 nitrogen and oxygen atoms in total. The molecule has 1 heterocycles. The lowest BCUT2D eigenvalue weighted by Gasteiger charge is -2.20.